The summed E-state index contributed by atoms with van der Waals surface area (Å²) in [6.07, 6.45) is 7.04. The number of fused-ring (bicyclic) bond motifs is 1. The fourth-order valence-corrected chi connectivity index (χ4v) is 9.75. The lowest BCUT2D eigenvalue weighted by Crippen LogP contribution is -2.49. The second kappa shape index (κ2) is 18.8. The van der Waals surface area contributed by atoms with Crippen molar-refractivity contribution in [1.82, 2.24) is 34.1 Å². The minimum atomic E-state index is -0.770. The molecule has 3 saturated heterocycles. The van der Waals surface area contributed by atoms with Crippen molar-refractivity contribution in [1.29, 1.82) is 0 Å². The van der Waals surface area contributed by atoms with Crippen LogP contribution in [-0.4, -0.2) is 119 Å². The van der Waals surface area contributed by atoms with Crippen LogP contribution in [0.4, 0.5) is 34.6 Å². The van der Waals surface area contributed by atoms with Gasteiger partial charge in [0, 0.05) is 126 Å². The SMILES string of the molecule is CNc1cc(=O)n(-c2ccnc3c2cc(CN2CC=C(c4c(F)cc(C(=O)N5CCC(CN6CCN(c7ccc(N[C@@H]8CCC(=O)NC8=O)cc7F)CC6)CC5)cc4F)CC2)n3C)cc1F. The van der Waals surface area contributed by atoms with Gasteiger partial charge in [0.2, 0.25) is 11.8 Å². The zero-order valence-electron chi connectivity index (χ0n) is 36.9. The minimum absolute atomic E-state index is 0.0138. The van der Waals surface area contributed by atoms with Gasteiger partial charge in [-0.2, -0.15) is 0 Å². The van der Waals surface area contributed by atoms with Crippen LogP contribution in [0.5, 0.6) is 0 Å². The molecule has 7 heterocycles. The number of aryl methyl sites for hydroxylation is 1. The number of aromatic nitrogens is 3. The monoisotopic (exact) mass is 908 g/mol. The Hall–Kier alpha value is -6.53. The third kappa shape index (κ3) is 9.16. The first-order valence-corrected chi connectivity index (χ1v) is 22.4. The third-order valence-electron chi connectivity index (χ3n) is 13.5. The maximum Gasteiger partial charge on any atom is 0.257 e. The first-order valence-electron chi connectivity index (χ1n) is 22.4. The number of piperazine rings is 1. The van der Waals surface area contributed by atoms with Crippen LogP contribution in [0.2, 0.25) is 0 Å². The van der Waals surface area contributed by atoms with Gasteiger partial charge < -0.3 is 25.0 Å². The average Bonchev–Trinajstić information content (AvgIpc) is 3.62. The Kier molecular flexibility index (Phi) is 12.7. The summed E-state index contributed by atoms with van der Waals surface area (Å²) in [6.45, 7) is 6.03. The van der Waals surface area contributed by atoms with E-state index in [9.17, 15) is 23.6 Å². The first-order chi connectivity index (χ1) is 31.8. The number of rotatable bonds is 11. The highest BCUT2D eigenvalue weighted by Crippen LogP contribution is 2.32. The number of carbonyl (C=O) groups excluding carboxylic acids is 3. The number of pyridine rings is 2. The molecule has 1 atom stereocenters. The van der Waals surface area contributed by atoms with E-state index in [2.05, 4.69) is 30.7 Å². The van der Waals surface area contributed by atoms with Crippen molar-refractivity contribution in [3.05, 3.63) is 117 Å². The Morgan fingerprint density at radius 3 is 2.26 bits per heavy atom. The van der Waals surface area contributed by atoms with E-state index in [0.717, 1.165) is 56.5 Å². The molecule has 5 aromatic rings. The smallest absolute Gasteiger partial charge is 0.257 e. The summed E-state index contributed by atoms with van der Waals surface area (Å²) in [5.74, 6) is -3.26. The maximum absolute atomic E-state index is 15.7. The van der Waals surface area contributed by atoms with Crippen LogP contribution in [0.25, 0.3) is 22.3 Å². The topological polar surface area (TPSA) is 140 Å². The Morgan fingerprint density at radius 1 is 0.818 bits per heavy atom. The summed E-state index contributed by atoms with van der Waals surface area (Å²) >= 11 is 0. The van der Waals surface area contributed by atoms with Gasteiger partial charge in [0.25, 0.3) is 11.5 Å². The molecule has 3 N–H and O–H groups in total. The Bertz CT molecular complexity index is 2770. The highest BCUT2D eigenvalue weighted by molar-refractivity contribution is 6.01. The van der Waals surface area contributed by atoms with Gasteiger partial charge in [-0.05, 0) is 79.6 Å². The molecule has 2 aromatic carbocycles. The first kappa shape index (κ1) is 44.7. The quantitative estimate of drug-likeness (QED) is 0.115. The van der Waals surface area contributed by atoms with Crippen LogP contribution in [0.1, 0.15) is 53.7 Å². The van der Waals surface area contributed by atoms with Gasteiger partial charge in [-0.1, -0.05) is 6.08 Å². The molecule has 3 aromatic heterocycles. The summed E-state index contributed by atoms with van der Waals surface area (Å²) in [7, 11) is 3.42. The largest absolute Gasteiger partial charge is 0.386 e. The Balaban J connectivity index is 0.758. The van der Waals surface area contributed by atoms with Crippen LogP contribution in [0.3, 0.4) is 0 Å². The number of amides is 3. The van der Waals surface area contributed by atoms with Gasteiger partial charge in [0.05, 0.1) is 23.3 Å². The van der Waals surface area contributed by atoms with Crippen LogP contribution >= 0.6 is 0 Å². The van der Waals surface area contributed by atoms with Gasteiger partial charge in [-0.15, -0.1) is 0 Å². The molecule has 0 spiro atoms. The molecule has 3 amide bonds. The number of imide groups is 1. The molecule has 0 saturated carbocycles. The van der Waals surface area contributed by atoms with Crippen LogP contribution in [-0.2, 0) is 23.2 Å². The number of anilines is 3. The molecule has 14 nitrogen and oxygen atoms in total. The van der Waals surface area contributed by atoms with Crippen molar-refractivity contribution in [2.24, 2.45) is 13.0 Å². The number of carbonyl (C=O) groups is 3. The van der Waals surface area contributed by atoms with Crippen molar-refractivity contribution in [3.63, 3.8) is 0 Å². The van der Waals surface area contributed by atoms with E-state index in [1.165, 1.54) is 16.7 Å². The number of halogens is 4. The number of nitrogens with one attached hydrogen (secondary N) is 3. The fourth-order valence-electron chi connectivity index (χ4n) is 9.75. The zero-order valence-corrected chi connectivity index (χ0v) is 36.9. The van der Waals surface area contributed by atoms with Gasteiger partial charge in [-0.3, -0.25) is 38.9 Å². The molecule has 0 bridgehead atoms. The number of piperidine rings is 2. The van der Waals surface area contributed by atoms with E-state index < -0.39 is 40.9 Å². The van der Waals surface area contributed by atoms with Gasteiger partial charge in [-0.25, -0.2) is 22.5 Å². The number of hydrogen-bond acceptors (Lipinski definition) is 10. The van der Waals surface area contributed by atoms with Crippen molar-refractivity contribution >= 4 is 51.4 Å². The average molecular weight is 909 g/mol. The van der Waals surface area contributed by atoms with Gasteiger partial charge >= 0.3 is 0 Å². The van der Waals surface area contributed by atoms with Crippen molar-refractivity contribution in [2.45, 2.75) is 44.7 Å². The standard InChI is InChI=1S/C48H52F4N10O4/c1-53-40-25-44(64)62(28-38(40)52)41-7-12-54-46-34(41)24-33(57(46)2)27-58-13-10-30(11-14-58)45-36(50)21-31(22-37(45)51)48(66)61-15-8-29(9-16-61)26-59-17-19-60(20-18-59)42-5-3-32(23-35(42)49)55-39-4-6-43(63)56-47(39)65/h3,5,7,10,12,21-25,28-29,39,53,55H,4,6,8-9,11,13-20,26-27H2,1-2H3,(H,56,63,65)/t39-/m1/s1. The summed E-state index contributed by atoms with van der Waals surface area (Å²) in [4.78, 5) is 62.7. The normalized spacial score (nSPS) is 19.0. The molecule has 0 radical (unpaired) electrons. The maximum atomic E-state index is 15.7. The van der Waals surface area contributed by atoms with E-state index in [1.54, 1.807) is 36.3 Å². The van der Waals surface area contributed by atoms with E-state index in [1.807, 2.05) is 28.7 Å². The lowest BCUT2D eigenvalue weighted by molar-refractivity contribution is -0.133. The summed E-state index contributed by atoms with van der Waals surface area (Å²) < 4.78 is 64.6. The number of likely N-dealkylation sites (tertiary alicyclic amines) is 1. The second-order valence-electron chi connectivity index (χ2n) is 17.6. The predicted octanol–water partition coefficient (Wildman–Crippen LogP) is 5.50. The van der Waals surface area contributed by atoms with E-state index in [0.29, 0.717) is 98.2 Å². The molecule has 66 heavy (non-hydrogen) atoms. The number of benzene rings is 2. The zero-order chi connectivity index (χ0) is 46.2. The summed E-state index contributed by atoms with van der Waals surface area (Å²) in [5.41, 5.74) is 3.11. The third-order valence-corrected chi connectivity index (χ3v) is 13.5. The fraction of sp³-hybridized carbons (Fsp3) is 0.396. The Labute approximate surface area is 378 Å². The highest BCUT2D eigenvalue weighted by Gasteiger charge is 2.30. The number of hydrogen-bond donors (Lipinski definition) is 3. The molecule has 9 rings (SSSR count). The Morgan fingerprint density at radius 2 is 1.58 bits per heavy atom. The van der Waals surface area contributed by atoms with Crippen LogP contribution in [0.15, 0.2) is 71.8 Å². The molecule has 0 unspecified atom stereocenters. The van der Waals surface area contributed by atoms with Crippen molar-refractivity contribution in [2.75, 3.05) is 81.5 Å². The highest BCUT2D eigenvalue weighted by atomic mass is 19.1. The van der Waals surface area contributed by atoms with E-state index in [4.69, 9.17) is 0 Å². The molecule has 4 aliphatic heterocycles. The molecular weight excluding hydrogens is 857 g/mol. The molecule has 346 valence electrons. The second-order valence-corrected chi connectivity index (χ2v) is 17.6. The lowest BCUT2D eigenvalue weighted by Gasteiger charge is -2.39. The van der Waals surface area contributed by atoms with Crippen molar-refractivity contribution in [3.8, 4) is 5.69 Å². The van der Waals surface area contributed by atoms with E-state index in [-0.39, 0.29) is 35.0 Å². The molecule has 18 heteroatoms. The van der Waals surface area contributed by atoms with E-state index >= 15 is 13.2 Å². The van der Waals surface area contributed by atoms with Crippen molar-refractivity contribution < 1.29 is 31.9 Å². The predicted molar refractivity (Wildman–Crippen MR) is 244 cm³/mol. The van der Waals surface area contributed by atoms with Gasteiger partial charge in [0.15, 0.2) is 5.82 Å². The molecule has 4 aliphatic rings. The lowest BCUT2D eigenvalue weighted by atomic mass is 9.94. The molecular formula is C48H52F4N10O4. The summed E-state index contributed by atoms with van der Waals surface area (Å²) in [5, 5.41) is 8.69. The molecule has 3 fully saturated rings. The number of nitrogens with zero attached hydrogens (tertiary/aromatic N) is 7. The summed E-state index contributed by atoms with van der Waals surface area (Å²) in [6, 6.07) is 11.3. The minimum Gasteiger partial charge on any atom is -0.386 e. The van der Waals surface area contributed by atoms with Crippen LogP contribution < -0.4 is 26.4 Å². The molecule has 0 aliphatic carbocycles. The van der Waals surface area contributed by atoms with Gasteiger partial charge in [0.1, 0.15) is 29.1 Å². The van der Waals surface area contributed by atoms with Crippen LogP contribution in [0, 0.1) is 29.2 Å².